The topological polar surface area (TPSA) is 56.5 Å². The van der Waals surface area contributed by atoms with E-state index in [0.717, 1.165) is 32.3 Å². The van der Waals surface area contributed by atoms with Gasteiger partial charge in [0, 0.05) is 22.5 Å². The van der Waals surface area contributed by atoms with Crippen LogP contribution in [0.5, 0.6) is 0 Å². The second kappa shape index (κ2) is 5.90. The first-order valence-electron chi connectivity index (χ1n) is 5.91. The molecule has 20 heavy (non-hydrogen) atoms. The largest absolute Gasteiger partial charge is 0.229 e. The van der Waals surface area contributed by atoms with Crippen LogP contribution < -0.4 is 0 Å². The van der Waals surface area contributed by atoms with Crippen LogP contribution in [0.4, 0.5) is 0 Å². The van der Waals surface area contributed by atoms with Crippen molar-refractivity contribution in [1.82, 2.24) is 25.2 Å². The summed E-state index contributed by atoms with van der Waals surface area (Å²) in [4.78, 5) is 4.59. The van der Waals surface area contributed by atoms with Crippen LogP contribution in [0, 0.1) is 0 Å². The highest BCUT2D eigenvalue weighted by Gasteiger charge is 2.11. The monoisotopic (exact) mass is 323 g/mol. The summed E-state index contributed by atoms with van der Waals surface area (Å²) < 4.78 is 2.66. The molecule has 0 amide bonds. The lowest BCUT2D eigenvalue weighted by Crippen LogP contribution is -1.98. The maximum Gasteiger partial charge on any atom is 0.216 e. The van der Waals surface area contributed by atoms with Crippen LogP contribution in [-0.4, -0.2) is 25.2 Å². The van der Waals surface area contributed by atoms with Crippen molar-refractivity contribution in [1.29, 1.82) is 0 Å². The Morgan fingerprint density at radius 1 is 1.30 bits per heavy atom. The number of hydrogen-bond acceptors (Lipinski definition) is 6. The van der Waals surface area contributed by atoms with Gasteiger partial charge in [0.1, 0.15) is 0 Å². The molecule has 0 aliphatic rings. The van der Waals surface area contributed by atoms with E-state index in [1.165, 1.54) is 11.8 Å². The van der Waals surface area contributed by atoms with Gasteiger partial charge in [0.15, 0.2) is 4.34 Å². The first-order chi connectivity index (χ1) is 9.76. The second-order valence-corrected chi connectivity index (χ2v) is 6.39. The fraction of sp³-hybridized carbons (Fsp3) is 0.167. The zero-order chi connectivity index (χ0) is 13.9. The molecule has 0 saturated carbocycles. The summed E-state index contributed by atoms with van der Waals surface area (Å²) in [6.07, 6.45) is 0. The summed E-state index contributed by atoms with van der Waals surface area (Å²) in [5.41, 5.74) is 1.98. The van der Waals surface area contributed by atoms with E-state index in [1.54, 1.807) is 16.0 Å². The fourth-order valence-corrected chi connectivity index (χ4v) is 3.49. The molecule has 102 valence electrons. The summed E-state index contributed by atoms with van der Waals surface area (Å²) in [5, 5.41) is 15.1. The molecular formula is C12H10ClN5S2. The molecule has 0 N–H and O–H groups in total. The molecule has 8 heteroatoms. The number of tetrazole rings is 1. The number of hydrogen-bond donors (Lipinski definition) is 0. The minimum atomic E-state index is 0.723. The fourth-order valence-electron chi connectivity index (χ4n) is 1.60. The van der Waals surface area contributed by atoms with Crippen LogP contribution >= 0.6 is 34.7 Å². The molecular weight excluding hydrogens is 314 g/mol. The normalized spacial score (nSPS) is 10.9. The highest BCUT2D eigenvalue weighted by atomic mass is 35.5. The molecule has 0 aliphatic heterocycles. The molecule has 0 unspecified atom stereocenters. The Morgan fingerprint density at radius 3 is 2.85 bits per heavy atom. The molecule has 2 heterocycles. The van der Waals surface area contributed by atoms with Gasteiger partial charge in [-0.3, -0.25) is 0 Å². The Hall–Kier alpha value is -1.44. The molecule has 0 atom stereocenters. The third-order valence-electron chi connectivity index (χ3n) is 2.60. The SMILES string of the molecule is CCn1nnnc1Sc1nc(-c2ccc(Cl)cc2)cs1. The van der Waals surface area contributed by atoms with Gasteiger partial charge in [-0.15, -0.1) is 16.4 Å². The van der Waals surface area contributed by atoms with Crippen molar-refractivity contribution in [2.75, 3.05) is 0 Å². The van der Waals surface area contributed by atoms with E-state index < -0.39 is 0 Å². The number of halogens is 1. The van der Waals surface area contributed by atoms with Crippen molar-refractivity contribution in [2.24, 2.45) is 0 Å². The molecule has 0 bridgehead atoms. The zero-order valence-electron chi connectivity index (χ0n) is 10.5. The van der Waals surface area contributed by atoms with Gasteiger partial charge >= 0.3 is 0 Å². The molecule has 0 spiro atoms. The lowest BCUT2D eigenvalue weighted by atomic mass is 10.2. The highest BCUT2D eigenvalue weighted by molar-refractivity contribution is 8.00. The van der Waals surface area contributed by atoms with E-state index in [2.05, 4.69) is 20.5 Å². The average molecular weight is 324 g/mol. The van der Waals surface area contributed by atoms with Crippen LogP contribution in [0.3, 0.4) is 0 Å². The van der Waals surface area contributed by atoms with Crippen molar-refractivity contribution in [2.45, 2.75) is 23.0 Å². The van der Waals surface area contributed by atoms with Gasteiger partial charge in [0.05, 0.1) is 5.69 Å². The summed E-state index contributed by atoms with van der Waals surface area (Å²) in [5.74, 6) is 0. The first-order valence-corrected chi connectivity index (χ1v) is 7.99. The molecule has 0 fully saturated rings. The molecule has 5 nitrogen and oxygen atoms in total. The molecule has 0 radical (unpaired) electrons. The predicted octanol–water partition coefficient (Wildman–Crippen LogP) is 3.62. The van der Waals surface area contributed by atoms with Gasteiger partial charge in [-0.25, -0.2) is 9.67 Å². The standard InChI is InChI=1S/C12H10ClN5S2/c1-2-18-11(15-16-17-18)20-12-14-10(7-19-12)8-3-5-9(13)6-4-8/h3-7H,2H2,1H3. The van der Waals surface area contributed by atoms with Crippen molar-refractivity contribution >= 4 is 34.7 Å². The lowest BCUT2D eigenvalue weighted by Gasteiger charge is -1.98. The number of aromatic nitrogens is 5. The van der Waals surface area contributed by atoms with Crippen molar-refractivity contribution < 1.29 is 0 Å². The van der Waals surface area contributed by atoms with Crippen LogP contribution in [0.2, 0.25) is 5.02 Å². The second-order valence-electron chi connectivity index (χ2n) is 3.88. The van der Waals surface area contributed by atoms with Crippen LogP contribution in [0.15, 0.2) is 39.1 Å². The summed E-state index contributed by atoms with van der Waals surface area (Å²) in [6, 6.07) is 7.64. The molecule has 1 aromatic carbocycles. The van der Waals surface area contributed by atoms with Gasteiger partial charge in [-0.2, -0.15) is 0 Å². The lowest BCUT2D eigenvalue weighted by molar-refractivity contribution is 0.581. The number of rotatable bonds is 4. The minimum absolute atomic E-state index is 0.723. The summed E-state index contributed by atoms with van der Waals surface area (Å²) >= 11 is 8.93. The maximum absolute atomic E-state index is 5.89. The van der Waals surface area contributed by atoms with Crippen LogP contribution in [0.1, 0.15) is 6.92 Å². The predicted molar refractivity (Wildman–Crippen MR) is 80.2 cm³/mol. The smallest absolute Gasteiger partial charge is 0.216 e. The van der Waals surface area contributed by atoms with E-state index in [9.17, 15) is 0 Å². The zero-order valence-corrected chi connectivity index (χ0v) is 12.9. The third kappa shape index (κ3) is 2.84. The van der Waals surface area contributed by atoms with Crippen molar-refractivity contribution in [3.63, 3.8) is 0 Å². The van der Waals surface area contributed by atoms with E-state index in [0.29, 0.717) is 0 Å². The van der Waals surface area contributed by atoms with Gasteiger partial charge in [0.2, 0.25) is 5.16 Å². The molecule has 0 saturated heterocycles. The van der Waals surface area contributed by atoms with Crippen LogP contribution in [0.25, 0.3) is 11.3 Å². The summed E-state index contributed by atoms with van der Waals surface area (Å²) in [6.45, 7) is 2.74. The summed E-state index contributed by atoms with van der Waals surface area (Å²) in [7, 11) is 0. The van der Waals surface area contributed by atoms with Gasteiger partial charge < -0.3 is 0 Å². The number of benzene rings is 1. The maximum atomic E-state index is 5.89. The molecule has 3 aromatic rings. The third-order valence-corrected chi connectivity index (χ3v) is 4.77. The number of aryl methyl sites for hydroxylation is 1. The molecule has 2 aromatic heterocycles. The Labute approximate surface area is 129 Å². The van der Waals surface area contributed by atoms with Crippen LogP contribution in [-0.2, 0) is 6.54 Å². The molecule has 3 rings (SSSR count). The Morgan fingerprint density at radius 2 is 2.10 bits per heavy atom. The van der Waals surface area contributed by atoms with Gasteiger partial charge in [-0.1, -0.05) is 23.7 Å². The number of nitrogens with zero attached hydrogens (tertiary/aromatic N) is 5. The first kappa shape index (κ1) is 13.5. The highest BCUT2D eigenvalue weighted by Crippen LogP contribution is 2.32. The average Bonchev–Trinajstić information content (AvgIpc) is 3.09. The van der Waals surface area contributed by atoms with E-state index in [1.807, 2.05) is 36.6 Å². The Bertz CT molecular complexity index is 707. The van der Waals surface area contributed by atoms with Crippen molar-refractivity contribution in [3.05, 3.63) is 34.7 Å². The Kier molecular flexibility index (Phi) is 4.00. The van der Waals surface area contributed by atoms with E-state index >= 15 is 0 Å². The van der Waals surface area contributed by atoms with Gasteiger partial charge in [0.25, 0.3) is 0 Å². The van der Waals surface area contributed by atoms with E-state index in [4.69, 9.17) is 11.6 Å². The van der Waals surface area contributed by atoms with E-state index in [-0.39, 0.29) is 0 Å². The molecule has 0 aliphatic carbocycles. The van der Waals surface area contributed by atoms with Crippen molar-refractivity contribution in [3.8, 4) is 11.3 Å². The van der Waals surface area contributed by atoms with Gasteiger partial charge in [-0.05, 0) is 41.2 Å². The Balaban J connectivity index is 1.82. The quantitative estimate of drug-likeness (QED) is 0.734. The number of thiazole rings is 1. The minimum Gasteiger partial charge on any atom is -0.229 e.